The number of carbonyl (C=O) groups is 2. The highest BCUT2D eigenvalue weighted by Crippen LogP contribution is 2.31. The minimum atomic E-state index is -4.52. The Morgan fingerprint density at radius 2 is 2.17 bits per heavy atom. The van der Waals surface area contributed by atoms with Crippen LogP contribution in [0.2, 0.25) is 0 Å². The lowest BCUT2D eigenvalue weighted by atomic mass is 9.98. The fraction of sp³-hybridized carbons (Fsp3) is 0.500. The normalized spacial score (nSPS) is 21.3. The number of nitrogens with zero attached hydrogens (tertiary/aromatic N) is 2. The molecule has 9 heteroatoms. The molecule has 0 bridgehead atoms. The van der Waals surface area contributed by atoms with Crippen molar-refractivity contribution in [1.82, 2.24) is 9.88 Å². The molecule has 126 valence electrons. The van der Waals surface area contributed by atoms with Gasteiger partial charge in [-0.15, -0.1) is 0 Å². The zero-order valence-electron chi connectivity index (χ0n) is 12.3. The molecule has 6 nitrogen and oxygen atoms in total. The van der Waals surface area contributed by atoms with Gasteiger partial charge in [-0.2, -0.15) is 13.2 Å². The summed E-state index contributed by atoms with van der Waals surface area (Å²) in [6.07, 6.45) is -2.51. The molecule has 1 aromatic rings. The van der Waals surface area contributed by atoms with Crippen LogP contribution in [-0.4, -0.2) is 51.7 Å². The maximum atomic E-state index is 12.5. The number of carboxylic acids is 1. The zero-order valence-corrected chi connectivity index (χ0v) is 12.3. The number of alkyl halides is 3. The van der Waals surface area contributed by atoms with E-state index in [1.165, 1.54) is 17.9 Å². The van der Waals surface area contributed by atoms with Gasteiger partial charge in [-0.05, 0) is 25.8 Å². The lowest BCUT2D eigenvalue weighted by molar-refractivity contribution is -0.154. The summed E-state index contributed by atoms with van der Waals surface area (Å²) < 4.78 is 40.9. The van der Waals surface area contributed by atoms with E-state index in [-0.39, 0.29) is 18.0 Å². The number of halogens is 3. The smallest absolute Gasteiger partial charge is 0.422 e. The third kappa shape index (κ3) is 3.72. The highest BCUT2D eigenvalue weighted by atomic mass is 19.4. The van der Waals surface area contributed by atoms with Crippen LogP contribution < -0.4 is 4.74 Å². The van der Waals surface area contributed by atoms with Gasteiger partial charge in [0.25, 0.3) is 5.91 Å². The van der Waals surface area contributed by atoms with E-state index < -0.39 is 30.2 Å². The van der Waals surface area contributed by atoms with Crippen LogP contribution in [0.25, 0.3) is 0 Å². The number of amides is 1. The molecule has 1 aromatic heterocycles. The molecule has 1 amide bonds. The second-order valence-corrected chi connectivity index (χ2v) is 5.43. The summed E-state index contributed by atoms with van der Waals surface area (Å²) in [6, 6.07) is 2.39. The minimum absolute atomic E-state index is 0.0338. The van der Waals surface area contributed by atoms with Crippen LogP contribution in [0.5, 0.6) is 5.88 Å². The van der Waals surface area contributed by atoms with Crippen molar-refractivity contribution in [2.75, 3.05) is 13.2 Å². The van der Waals surface area contributed by atoms with Gasteiger partial charge in [-0.3, -0.25) is 4.79 Å². The maximum absolute atomic E-state index is 12.5. The molecule has 0 radical (unpaired) electrons. The first-order chi connectivity index (χ1) is 10.6. The Morgan fingerprint density at radius 3 is 2.78 bits per heavy atom. The first-order valence-corrected chi connectivity index (χ1v) is 6.84. The van der Waals surface area contributed by atoms with Crippen LogP contribution in [-0.2, 0) is 4.79 Å². The molecule has 0 aromatic carbocycles. The van der Waals surface area contributed by atoms with Crippen molar-refractivity contribution in [3.8, 4) is 5.88 Å². The number of aromatic nitrogens is 1. The molecular formula is C14H15F3N2O4. The number of rotatable bonds is 4. The molecule has 1 saturated heterocycles. The van der Waals surface area contributed by atoms with E-state index in [1.54, 1.807) is 0 Å². The molecule has 0 saturated carbocycles. The van der Waals surface area contributed by atoms with Crippen LogP contribution in [0.4, 0.5) is 13.2 Å². The lowest BCUT2D eigenvalue weighted by Crippen LogP contribution is -2.50. The number of likely N-dealkylation sites (tertiary alicyclic amines) is 1. The Morgan fingerprint density at radius 1 is 1.48 bits per heavy atom. The van der Waals surface area contributed by atoms with Crippen LogP contribution in [0.3, 0.4) is 0 Å². The number of hydrogen-bond donors (Lipinski definition) is 1. The molecule has 2 rings (SSSR count). The predicted octanol–water partition coefficient (Wildman–Crippen LogP) is 2.10. The first-order valence-electron chi connectivity index (χ1n) is 6.84. The summed E-state index contributed by atoms with van der Waals surface area (Å²) in [5, 5.41) is 9.31. The van der Waals surface area contributed by atoms with Gasteiger partial charge in [0.2, 0.25) is 5.88 Å². The van der Waals surface area contributed by atoms with Crippen LogP contribution in [0.15, 0.2) is 18.3 Å². The second-order valence-electron chi connectivity index (χ2n) is 5.43. The second kappa shape index (κ2) is 6.05. The van der Waals surface area contributed by atoms with Crippen molar-refractivity contribution in [2.24, 2.45) is 0 Å². The zero-order chi connectivity index (χ0) is 17.3. The van der Waals surface area contributed by atoms with Gasteiger partial charge in [-0.25, -0.2) is 9.78 Å². The van der Waals surface area contributed by atoms with Crippen LogP contribution >= 0.6 is 0 Å². The summed E-state index contributed by atoms with van der Waals surface area (Å²) in [6.45, 7) is 0.194. The summed E-state index contributed by atoms with van der Waals surface area (Å²) in [5.74, 6) is -2.04. The molecule has 0 spiro atoms. The maximum Gasteiger partial charge on any atom is 0.422 e. The molecule has 1 fully saturated rings. The molecule has 23 heavy (non-hydrogen) atoms. The van der Waals surface area contributed by atoms with Gasteiger partial charge in [0.05, 0.1) is 0 Å². The fourth-order valence-corrected chi connectivity index (χ4v) is 2.44. The topological polar surface area (TPSA) is 79.7 Å². The number of carbonyl (C=O) groups excluding carboxylic acids is 1. The number of pyridine rings is 1. The van der Waals surface area contributed by atoms with E-state index in [0.717, 1.165) is 12.3 Å². The summed E-state index contributed by atoms with van der Waals surface area (Å²) in [7, 11) is 0. The predicted molar refractivity (Wildman–Crippen MR) is 72.1 cm³/mol. The number of ether oxygens (including phenoxy) is 1. The van der Waals surface area contributed by atoms with Crippen molar-refractivity contribution in [3.05, 3.63) is 23.9 Å². The molecule has 1 aliphatic rings. The average molecular weight is 332 g/mol. The minimum Gasteiger partial charge on any atom is -0.480 e. The Labute approximate surface area is 129 Å². The van der Waals surface area contributed by atoms with Gasteiger partial charge in [-0.1, -0.05) is 0 Å². The fourth-order valence-electron chi connectivity index (χ4n) is 2.44. The molecule has 1 atom stereocenters. The molecule has 1 N–H and O–H groups in total. The van der Waals surface area contributed by atoms with Gasteiger partial charge in [0.1, 0.15) is 5.54 Å². The third-order valence-corrected chi connectivity index (χ3v) is 3.71. The summed E-state index contributed by atoms with van der Waals surface area (Å²) >= 11 is 0. The van der Waals surface area contributed by atoms with E-state index in [0.29, 0.717) is 12.8 Å². The largest absolute Gasteiger partial charge is 0.480 e. The van der Waals surface area contributed by atoms with Gasteiger partial charge in [0.15, 0.2) is 6.61 Å². The SMILES string of the molecule is CC1(C(=O)O)CCCN1C(=O)c1ccnc(OCC(F)(F)F)c1. The van der Waals surface area contributed by atoms with Gasteiger partial charge in [0, 0.05) is 24.4 Å². The van der Waals surface area contributed by atoms with E-state index in [4.69, 9.17) is 0 Å². The number of aliphatic carboxylic acids is 1. The number of carboxylic acid groups (broad SMARTS) is 1. The monoisotopic (exact) mass is 332 g/mol. The number of hydrogen-bond acceptors (Lipinski definition) is 4. The quantitative estimate of drug-likeness (QED) is 0.913. The first kappa shape index (κ1) is 17.0. The van der Waals surface area contributed by atoms with Crippen molar-refractivity contribution >= 4 is 11.9 Å². The third-order valence-electron chi connectivity index (χ3n) is 3.71. The summed E-state index contributed by atoms with van der Waals surface area (Å²) in [5.41, 5.74) is -1.29. The van der Waals surface area contributed by atoms with E-state index in [9.17, 15) is 27.9 Å². The van der Waals surface area contributed by atoms with Crippen LogP contribution in [0.1, 0.15) is 30.1 Å². The van der Waals surface area contributed by atoms with Gasteiger partial charge < -0.3 is 14.7 Å². The Balaban J connectivity index is 2.18. The lowest BCUT2D eigenvalue weighted by Gasteiger charge is -2.31. The van der Waals surface area contributed by atoms with Crippen LogP contribution in [0, 0.1) is 0 Å². The Kier molecular flexibility index (Phi) is 4.49. The molecule has 1 aliphatic heterocycles. The van der Waals surface area contributed by atoms with E-state index in [1.807, 2.05) is 0 Å². The van der Waals surface area contributed by atoms with Gasteiger partial charge >= 0.3 is 12.1 Å². The Bertz CT molecular complexity index is 620. The average Bonchev–Trinajstić information content (AvgIpc) is 2.87. The molecular weight excluding hydrogens is 317 g/mol. The van der Waals surface area contributed by atoms with E-state index >= 15 is 0 Å². The highest BCUT2D eigenvalue weighted by Gasteiger charge is 2.46. The van der Waals surface area contributed by atoms with Crippen molar-refractivity contribution in [1.29, 1.82) is 0 Å². The van der Waals surface area contributed by atoms with Crippen molar-refractivity contribution in [3.63, 3.8) is 0 Å². The standard InChI is InChI=1S/C14H15F3N2O4/c1-13(12(21)22)4-2-6-19(13)11(20)9-3-5-18-10(7-9)23-8-14(15,16)17/h3,5,7H,2,4,6,8H2,1H3,(H,21,22). The molecule has 0 aliphatic carbocycles. The van der Waals surface area contributed by atoms with Crippen molar-refractivity contribution < 1.29 is 32.6 Å². The van der Waals surface area contributed by atoms with E-state index in [2.05, 4.69) is 9.72 Å². The summed E-state index contributed by atoms with van der Waals surface area (Å²) in [4.78, 5) is 28.7. The highest BCUT2D eigenvalue weighted by molar-refractivity contribution is 5.98. The molecule has 1 unspecified atom stereocenters. The molecule has 2 heterocycles. The Hall–Kier alpha value is -2.32. The van der Waals surface area contributed by atoms with Crippen molar-refractivity contribution in [2.45, 2.75) is 31.5 Å².